The van der Waals surface area contributed by atoms with Crippen molar-refractivity contribution in [1.82, 2.24) is 15.5 Å². The Hall–Kier alpha value is -2.37. The second-order valence-corrected chi connectivity index (χ2v) is 7.68. The quantitative estimate of drug-likeness (QED) is 0.853. The Balaban J connectivity index is 1.49. The fourth-order valence-corrected chi connectivity index (χ4v) is 4.23. The number of nitrogens with zero attached hydrogens (tertiary/aromatic N) is 1. The molecule has 6 heteroatoms. The lowest BCUT2D eigenvalue weighted by Gasteiger charge is -2.25. The summed E-state index contributed by atoms with van der Waals surface area (Å²) >= 11 is 6.11. The Kier molecular flexibility index (Phi) is 4.89. The van der Waals surface area contributed by atoms with Crippen LogP contribution in [0.15, 0.2) is 42.5 Å². The lowest BCUT2D eigenvalue weighted by atomic mass is 9.93. The van der Waals surface area contributed by atoms with Gasteiger partial charge in [-0.15, -0.1) is 0 Å². The summed E-state index contributed by atoms with van der Waals surface area (Å²) in [5, 5.41) is 6.94. The Morgan fingerprint density at radius 3 is 2.85 bits per heavy atom. The van der Waals surface area contributed by atoms with E-state index in [1.54, 1.807) is 18.0 Å². The van der Waals surface area contributed by atoms with Crippen molar-refractivity contribution in [3.05, 3.63) is 69.7 Å². The van der Waals surface area contributed by atoms with Crippen LogP contribution in [0.25, 0.3) is 0 Å². The molecule has 2 aliphatic rings. The first-order valence-corrected chi connectivity index (χ1v) is 9.51. The maximum absolute atomic E-state index is 12.9. The number of fused-ring (bicyclic) bond motifs is 1. The summed E-state index contributed by atoms with van der Waals surface area (Å²) in [7, 11) is 1.74. The summed E-state index contributed by atoms with van der Waals surface area (Å²) in [6, 6.07) is 13.4. The topological polar surface area (TPSA) is 61.4 Å². The van der Waals surface area contributed by atoms with E-state index in [2.05, 4.69) is 22.8 Å². The smallest absolute Gasteiger partial charge is 0.226 e. The molecule has 0 saturated carbocycles. The maximum Gasteiger partial charge on any atom is 0.226 e. The number of amides is 2. The van der Waals surface area contributed by atoms with Gasteiger partial charge in [-0.2, -0.15) is 0 Å². The molecule has 2 unspecified atom stereocenters. The third-order valence-corrected chi connectivity index (χ3v) is 5.72. The van der Waals surface area contributed by atoms with Crippen molar-refractivity contribution in [3.8, 4) is 0 Å². The molecule has 2 heterocycles. The van der Waals surface area contributed by atoms with Gasteiger partial charge in [-0.05, 0) is 34.4 Å². The fraction of sp³-hybridized carbons (Fsp3) is 0.333. The molecule has 0 aromatic heterocycles. The standard InChI is InChI=1S/C21H22ClN3O2/c1-25-19(26)9-18(20(25)14-3-2-4-17(22)8-14)21(27)24-10-13-5-6-15-11-23-12-16(15)7-13/h2-8,18,20,23H,9-12H2,1H3,(H,24,27). The van der Waals surface area contributed by atoms with E-state index in [-0.39, 0.29) is 24.3 Å². The normalized spacial score (nSPS) is 21.4. The van der Waals surface area contributed by atoms with Crippen LogP contribution in [-0.4, -0.2) is 23.8 Å². The van der Waals surface area contributed by atoms with Crippen molar-refractivity contribution in [1.29, 1.82) is 0 Å². The Morgan fingerprint density at radius 2 is 2.04 bits per heavy atom. The van der Waals surface area contributed by atoms with E-state index < -0.39 is 5.92 Å². The molecule has 2 aromatic rings. The summed E-state index contributed by atoms with van der Waals surface area (Å²) in [6.07, 6.45) is 0.216. The molecule has 0 spiro atoms. The lowest BCUT2D eigenvalue weighted by molar-refractivity contribution is -0.128. The third-order valence-electron chi connectivity index (χ3n) is 5.48. The van der Waals surface area contributed by atoms with E-state index in [1.807, 2.05) is 24.3 Å². The van der Waals surface area contributed by atoms with E-state index in [9.17, 15) is 9.59 Å². The summed E-state index contributed by atoms with van der Waals surface area (Å²) in [6.45, 7) is 2.23. The van der Waals surface area contributed by atoms with E-state index in [1.165, 1.54) is 11.1 Å². The number of nitrogens with one attached hydrogen (secondary N) is 2. The number of rotatable bonds is 4. The van der Waals surface area contributed by atoms with E-state index in [4.69, 9.17) is 11.6 Å². The predicted molar refractivity (Wildman–Crippen MR) is 104 cm³/mol. The highest BCUT2D eigenvalue weighted by Gasteiger charge is 2.42. The van der Waals surface area contributed by atoms with Crippen molar-refractivity contribution >= 4 is 23.4 Å². The van der Waals surface area contributed by atoms with Gasteiger partial charge in [-0.25, -0.2) is 0 Å². The Labute approximate surface area is 163 Å². The van der Waals surface area contributed by atoms with Gasteiger partial charge >= 0.3 is 0 Å². The second-order valence-electron chi connectivity index (χ2n) is 7.24. The summed E-state index contributed by atoms with van der Waals surface area (Å²) in [5.74, 6) is -0.544. The van der Waals surface area contributed by atoms with Crippen molar-refractivity contribution in [2.24, 2.45) is 5.92 Å². The number of benzene rings is 2. The van der Waals surface area contributed by atoms with Gasteiger partial charge in [0.05, 0.1) is 12.0 Å². The molecule has 1 saturated heterocycles. The van der Waals surface area contributed by atoms with Crippen LogP contribution in [-0.2, 0) is 29.2 Å². The molecule has 5 nitrogen and oxygen atoms in total. The minimum atomic E-state index is -0.419. The van der Waals surface area contributed by atoms with Gasteiger partial charge < -0.3 is 15.5 Å². The Morgan fingerprint density at radius 1 is 1.22 bits per heavy atom. The molecule has 2 N–H and O–H groups in total. The second kappa shape index (κ2) is 7.33. The zero-order chi connectivity index (χ0) is 19.0. The summed E-state index contributed by atoms with van der Waals surface area (Å²) in [4.78, 5) is 26.8. The molecule has 0 radical (unpaired) electrons. The zero-order valence-corrected chi connectivity index (χ0v) is 15.9. The molecule has 27 heavy (non-hydrogen) atoms. The first kappa shape index (κ1) is 18.0. The van der Waals surface area contributed by atoms with Crippen LogP contribution < -0.4 is 10.6 Å². The number of hydrogen-bond donors (Lipinski definition) is 2. The van der Waals surface area contributed by atoms with Crippen LogP contribution in [0.1, 0.15) is 34.7 Å². The SMILES string of the molecule is CN1C(=O)CC(C(=O)NCc2ccc3c(c2)CNC3)C1c1cccc(Cl)c1. The molecule has 2 aliphatic heterocycles. The van der Waals surface area contributed by atoms with Crippen molar-refractivity contribution in [3.63, 3.8) is 0 Å². The van der Waals surface area contributed by atoms with Crippen LogP contribution in [0.2, 0.25) is 5.02 Å². The van der Waals surface area contributed by atoms with Crippen molar-refractivity contribution in [2.45, 2.75) is 32.1 Å². The average Bonchev–Trinajstić information content (AvgIpc) is 3.24. The Bertz CT molecular complexity index is 899. The van der Waals surface area contributed by atoms with Crippen LogP contribution in [0.3, 0.4) is 0 Å². The number of halogens is 1. The molecule has 2 atom stereocenters. The van der Waals surface area contributed by atoms with Gasteiger partial charge in [0.2, 0.25) is 11.8 Å². The van der Waals surface area contributed by atoms with Gasteiger partial charge in [-0.3, -0.25) is 9.59 Å². The monoisotopic (exact) mass is 383 g/mol. The molecular weight excluding hydrogens is 362 g/mol. The first-order valence-electron chi connectivity index (χ1n) is 9.13. The number of carbonyl (C=O) groups is 2. The molecular formula is C21H22ClN3O2. The average molecular weight is 384 g/mol. The molecule has 0 bridgehead atoms. The van der Waals surface area contributed by atoms with Crippen molar-refractivity contribution < 1.29 is 9.59 Å². The van der Waals surface area contributed by atoms with Gasteiger partial charge in [0, 0.05) is 38.1 Å². The minimum absolute atomic E-state index is 0.0243. The summed E-state index contributed by atoms with van der Waals surface area (Å²) in [5.41, 5.74) is 4.56. The van der Waals surface area contributed by atoms with Gasteiger partial charge in [0.15, 0.2) is 0 Å². The number of hydrogen-bond acceptors (Lipinski definition) is 3. The highest BCUT2D eigenvalue weighted by molar-refractivity contribution is 6.30. The van der Waals surface area contributed by atoms with E-state index >= 15 is 0 Å². The van der Waals surface area contributed by atoms with E-state index in [0.29, 0.717) is 11.6 Å². The molecule has 140 valence electrons. The van der Waals surface area contributed by atoms with Gasteiger partial charge in [0.25, 0.3) is 0 Å². The largest absolute Gasteiger partial charge is 0.352 e. The molecule has 4 rings (SSSR count). The zero-order valence-electron chi connectivity index (χ0n) is 15.2. The third kappa shape index (κ3) is 3.57. The van der Waals surface area contributed by atoms with Crippen molar-refractivity contribution in [2.75, 3.05) is 7.05 Å². The first-order chi connectivity index (χ1) is 13.0. The van der Waals surface area contributed by atoms with Crippen LogP contribution in [0, 0.1) is 5.92 Å². The molecule has 2 aromatic carbocycles. The van der Waals surface area contributed by atoms with E-state index in [0.717, 1.165) is 24.2 Å². The van der Waals surface area contributed by atoms with Gasteiger partial charge in [-0.1, -0.05) is 41.9 Å². The van der Waals surface area contributed by atoms with Gasteiger partial charge in [0.1, 0.15) is 0 Å². The predicted octanol–water partition coefficient (Wildman–Crippen LogP) is 2.78. The highest BCUT2D eigenvalue weighted by Crippen LogP contribution is 2.37. The number of likely N-dealkylation sites (tertiary alicyclic amines) is 1. The van der Waals surface area contributed by atoms with Crippen LogP contribution in [0.5, 0.6) is 0 Å². The molecule has 2 amide bonds. The maximum atomic E-state index is 12.9. The fourth-order valence-electron chi connectivity index (χ4n) is 4.03. The molecule has 1 fully saturated rings. The van der Waals surface area contributed by atoms with Crippen LogP contribution in [0.4, 0.5) is 0 Å². The highest BCUT2D eigenvalue weighted by atomic mass is 35.5. The number of carbonyl (C=O) groups excluding carboxylic acids is 2. The molecule has 0 aliphatic carbocycles. The van der Waals surface area contributed by atoms with Crippen LogP contribution >= 0.6 is 11.6 Å². The summed E-state index contributed by atoms with van der Waals surface area (Å²) < 4.78 is 0. The minimum Gasteiger partial charge on any atom is -0.352 e. The lowest BCUT2D eigenvalue weighted by Crippen LogP contribution is -2.34.